The Hall–Kier alpha value is -1.80. The number of anilines is 1. The van der Waals surface area contributed by atoms with Crippen molar-refractivity contribution in [2.75, 3.05) is 11.4 Å². The minimum absolute atomic E-state index is 0.0565. The van der Waals surface area contributed by atoms with Gasteiger partial charge in [0.1, 0.15) is 0 Å². The summed E-state index contributed by atoms with van der Waals surface area (Å²) in [4.78, 5) is 14.8. The monoisotopic (exact) mass is 299 g/mol. The maximum Gasteiger partial charge on any atom is 0.258 e. The van der Waals surface area contributed by atoms with Crippen molar-refractivity contribution < 1.29 is 4.79 Å². The number of nitrogens with zero attached hydrogens (tertiary/aromatic N) is 1. The van der Waals surface area contributed by atoms with Crippen molar-refractivity contribution in [1.82, 2.24) is 0 Å². The minimum Gasteiger partial charge on any atom is -0.308 e. The van der Waals surface area contributed by atoms with Gasteiger partial charge in [0.2, 0.25) is 0 Å². The van der Waals surface area contributed by atoms with Crippen LogP contribution in [0.2, 0.25) is 0 Å². The number of fused-ring (bicyclic) bond motifs is 1. The molecule has 0 fully saturated rings. The Bertz CT molecular complexity index is 668. The molecule has 2 aromatic carbocycles. The summed E-state index contributed by atoms with van der Waals surface area (Å²) in [6.07, 6.45) is 1.03. The van der Waals surface area contributed by atoms with Crippen LogP contribution in [0.15, 0.2) is 48.5 Å². The summed E-state index contributed by atoms with van der Waals surface area (Å²) < 4.78 is 0. The number of hydrogen-bond acceptors (Lipinski definition) is 1. The Kier molecular flexibility index (Phi) is 3.98. The quantitative estimate of drug-likeness (QED) is 0.759. The molecule has 1 unspecified atom stereocenters. The Morgan fingerprint density at radius 3 is 2.86 bits per heavy atom. The lowest BCUT2D eigenvalue weighted by Gasteiger charge is -2.33. The second kappa shape index (κ2) is 5.90. The predicted octanol–water partition coefficient (Wildman–Crippen LogP) is 4.26. The van der Waals surface area contributed by atoms with E-state index < -0.39 is 0 Å². The Morgan fingerprint density at radius 2 is 2.05 bits per heavy atom. The van der Waals surface area contributed by atoms with Gasteiger partial charge in [0.25, 0.3) is 5.91 Å². The number of rotatable bonds is 2. The molecule has 1 atom stereocenters. The average Bonchev–Trinajstić information content (AvgIpc) is 2.53. The van der Waals surface area contributed by atoms with Crippen LogP contribution in [0, 0.1) is 5.92 Å². The van der Waals surface area contributed by atoms with Gasteiger partial charge in [-0.1, -0.05) is 37.3 Å². The maximum atomic E-state index is 12.9. The third-order valence-electron chi connectivity index (χ3n) is 3.92. The third-order valence-corrected chi connectivity index (χ3v) is 4.23. The first kappa shape index (κ1) is 14.2. The Balaban J connectivity index is 1.97. The van der Waals surface area contributed by atoms with Crippen molar-refractivity contribution >= 4 is 23.2 Å². The number of hydrogen-bond donors (Lipinski definition) is 0. The molecule has 1 aliphatic rings. The van der Waals surface area contributed by atoms with Crippen LogP contribution < -0.4 is 4.90 Å². The Labute approximate surface area is 130 Å². The molecule has 0 saturated carbocycles. The molecule has 0 spiro atoms. The molecule has 0 saturated heterocycles. The van der Waals surface area contributed by atoms with Gasteiger partial charge in [0.05, 0.1) is 0 Å². The SMILES string of the molecule is CC1Cc2ccccc2N(C(=O)c2cccc(CCl)c2)C1. The summed E-state index contributed by atoms with van der Waals surface area (Å²) >= 11 is 5.87. The highest BCUT2D eigenvalue weighted by Gasteiger charge is 2.26. The second-order valence-electron chi connectivity index (χ2n) is 5.69. The molecular formula is C18H18ClNO. The zero-order valence-electron chi connectivity index (χ0n) is 12.1. The molecule has 2 aromatic rings. The molecule has 21 heavy (non-hydrogen) atoms. The summed E-state index contributed by atoms with van der Waals surface area (Å²) in [5.41, 5.74) is 3.97. The van der Waals surface area contributed by atoms with E-state index in [4.69, 9.17) is 11.6 Å². The highest BCUT2D eigenvalue weighted by atomic mass is 35.5. The first-order valence-electron chi connectivity index (χ1n) is 7.23. The molecule has 0 aromatic heterocycles. The van der Waals surface area contributed by atoms with E-state index in [0.717, 1.165) is 24.2 Å². The van der Waals surface area contributed by atoms with Gasteiger partial charge in [-0.25, -0.2) is 0 Å². The molecular weight excluding hydrogens is 282 g/mol. The number of carbonyl (C=O) groups excluding carboxylic acids is 1. The predicted molar refractivity (Wildman–Crippen MR) is 87.0 cm³/mol. The van der Waals surface area contributed by atoms with Crippen molar-refractivity contribution in [3.8, 4) is 0 Å². The zero-order chi connectivity index (χ0) is 14.8. The molecule has 0 radical (unpaired) electrons. The molecule has 1 amide bonds. The normalized spacial score (nSPS) is 17.4. The Morgan fingerprint density at radius 1 is 1.24 bits per heavy atom. The fourth-order valence-electron chi connectivity index (χ4n) is 2.93. The fourth-order valence-corrected chi connectivity index (χ4v) is 3.10. The lowest BCUT2D eigenvalue weighted by molar-refractivity contribution is 0.0981. The van der Waals surface area contributed by atoms with E-state index in [1.807, 2.05) is 47.4 Å². The molecule has 1 heterocycles. The van der Waals surface area contributed by atoms with Crippen molar-refractivity contribution in [3.63, 3.8) is 0 Å². The van der Waals surface area contributed by atoms with Crippen LogP contribution >= 0.6 is 11.6 Å². The number of carbonyl (C=O) groups is 1. The van der Waals surface area contributed by atoms with Crippen molar-refractivity contribution in [2.45, 2.75) is 19.2 Å². The molecule has 2 nitrogen and oxygen atoms in total. The topological polar surface area (TPSA) is 20.3 Å². The van der Waals surface area contributed by atoms with E-state index in [1.54, 1.807) is 0 Å². The van der Waals surface area contributed by atoms with Gasteiger partial charge in [-0.15, -0.1) is 11.6 Å². The van der Waals surface area contributed by atoms with Crippen molar-refractivity contribution in [3.05, 3.63) is 65.2 Å². The van der Waals surface area contributed by atoms with Gasteiger partial charge in [-0.2, -0.15) is 0 Å². The van der Waals surface area contributed by atoms with E-state index in [2.05, 4.69) is 13.0 Å². The first-order valence-corrected chi connectivity index (χ1v) is 7.77. The number of para-hydroxylation sites is 1. The maximum absolute atomic E-state index is 12.9. The highest BCUT2D eigenvalue weighted by Crippen LogP contribution is 2.30. The van der Waals surface area contributed by atoms with Gasteiger partial charge in [-0.3, -0.25) is 4.79 Å². The molecule has 3 rings (SSSR count). The summed E-state index contributed by atoms with van der Waals surface area (Å²) in [5, 5.41) is 0. The van der Waals surface area contributed by atoms with Crippen LogP contribution in [0.4, 0.5) is 5.69 Å². The van der Waals surface area contributed by atoms with Crippen LogP contribution in [0.1, 0.15) is 28.4 Å². The summed E-state index contributed by atoms with van der Waals surface area (Å²) in [7, 11) is 0. The van der Waals surface area contributed by atoms with Gasteiger partial charge >= 0.3 is 0 Å². The molecule has 3 heteroatoms. The summed E-state index contributed by atoms with van der Waals surface area (Å²) in [5.74, 6) is 0.953. The fraction of sp³-hybridized carbons (Fsp3) is 0.278. The molecule has 108 valence electrons. The third kappa shape index (κ3) is 2.81. The van der Waals surface area contributed by atoms with Crippen LogP contribution in [-0.2, 0) is 12.3 Å². The van der Waals surface area contributed by atoms with Gasteiger partial charge < -0.3 is 4.90 Å². The molecule has 1 aliphatic heterocycles. The lowest BCUT2D eigenvalue weighted by Crippen LogP contribution is -2.39. The molecule has 0 aliphatic carbocycles. The zero-order valence-corrected chi connectivity index (χ0v) is 12.8. The standard InChI is InChI=1S/C18H18ClNO/c1-13-9-15-6-2-3-8-17(15)20(12-13)18(21)16-7-4-5-14(10-16)11-19/h2-8,10,13H,9,11-12H2,1H3. The van der Waals surface area contributed by atoms with Gasteiger partial charge in [0.15, 0.2) is 0 Å². The first-order chi connectivity index (χ1) is 10.2. The van der Waals surface area contributed by atoms with E-state index >= 15 is 0 Å². The van der Waals surface area contributed by atoms with Crippen LogP contribution in [0.5, 0.6) is 0 Å². The van der Waals surface area contributed by atoms with E-state index in [-0.39, 0.29) is 5.91 Å². The van der Waals surface area contributed by atoms with Crippen molar-refractivity contribution in [2.24, 2.45) is 5.92 Å². The number of amides is 1. The average molecular weight is 300 g/mol. The minimum atomic E-state index is 0.0565. The largest absolute Gasteiger partial charge is 0.308 e. The van der Waals surface area contributed by atoms with E-state index in [0.29, 0.717) is 17.4 Å². The summed E-state index contributed by atoms with van der Waals surface area (Å²) in [6.45, 7) is 2.95. The smallest absolute Gasteiger partial charge is 0.258 e. The molecule has 0 bridgehead atoms. The van der Waals surface area contributed by atoms with Crippen LogP contribution in [0.25, 0.3) is 0 Å². The number of benzene rings is 2. The van der Waals surface area contributed by atoms with E-state index in [9.17, 15) is 4.79 Å². The lowest BCUT2D eigenvalue weighted by atomic mass is 9.93. The van der Waals surface area contributed by atoms with E-state index in [1.165, 1.54) is 5.56 Å². The number of alkyl halides is 1. The summed E-state index contributed by atoms with van der Waals surface area (Å²) in [6, 6.07) is 15.8. The van der Waals surface area contributed by atoms with Crippen LogP contribution in [-0.4, -0.2) is 12.5 Å². The second-order valence-corrected chi connectivity index (χ2v) is 5.96. The van der Waals surface area contributed by atoms with Gasteiger partial charge in [-0.05, 0) is 41.7 Å². The number of halogens is 1. The molecule has 0 N–H and O–H groups in total. The van der Waals surface area contributed by atoms with Crippen LogP contribution in [0.3, 0.4) is 0 Å². The van der Waals surface area contributed by atoms with Crippen molar-refractivity contribution in [1.29, 1.82) is 0 Å². The highest BCUT2D eigenvalue weighted by molar-refractivity contribution is 6.17. The van der Waals surface area contributed by atoms with Gasteiger partial charge in [0, 0.05) is 23.7 Å².